The number of ether oxygens (including phenoxy) is 1. The van der Waals surface area contributed by atoms with Crippen molar-refractivity contribution in [3.8, 4) is 0 Å². The normalized spacial score (nSPS) is 19.6. The van der Waals surface area contributed by atoms with Crippen LogP contribution in [0.1, 0.15) is 28.4 Å². The largest absolute Gasteiger partial charge is 0.468 e. The zero-order valence-corrected chi connectivity index (χ0v) is 15.7. The van der Waals surface area contributed by atoms with Crippen LogP contribution >= 0.6 is 15.9 Å². The van der Waals surface area contributed by atoms with E-state index >= 15 is 0 Å². The minimum absolute atomic E-state index is 0.0866. The van der Waals surface area contributed by atoms with Crippen LogP contribution in [-0.2, 0) is 16.0 Å². The fraction of sp³-hybridized carbons (Fsp3) is 0.250. The fourth-order valence-corrected chi connectivity index (χ4v) is 4.35. The molecule has 128 valence electrons. The molecular weight excluding hydrogens is 380 g/mol. The zero-order chi connectivity index (χ0) is 17.6. The number of benzene rings is 2. The lowest BCUT2D eigenvalue weighted by Crippen LogP contribution is -2.45. The molecule has 1 aromatic heterocycles. The Bertz CT molecular complexity index is 943. The van der Waals surface area contributed by atoms with Crippen molar-refractivity contribution in [1.82, 2.24) is 10.3 Å². The Kier molecular flexibility index (Phi) is 4.13. The molecule has 2 aromatic carbocycles. The van der Waals surface area contributed by atoms with Gasteiger partial charge in [-0.2, -0.15) is 0 Å². The average Bonchev–Trinajstić information content (AvgIpc) is 2.98. The Balaban J connectivity index is 1.90. The van der Waals surface area contributed by atoms with Crippen molar-refractivity contribution in [3.63, 3.8) is 0 Å². The van der Waals surface area contributed by atoms with Gasteiger partial charge in [-0.1, -0.05) is 40.2 Å². The van der Waals surface area contributed by atoms with Crippen LogP contribution in [0.4, 0.5) is 0 Å². The Morgan fingerprint density at radius 2 is 2.04 bits per heavy atom. The number of para-hydroxylation sites is 1. The Labute approximate surface area is 154 Å². The van der Waals surface area contributed by atoms with Gasteiger partial charge in [-0.05, 0) is 41.8 Å². The highest BCUT2D eigenvalue weighted by molar-refractivity contribution is 9.10. The molecule has 2 unspecified atom stereocenters. The summed E-state index contributed by atoms with van der Waals surface area (Å²) in [7, 11) is 1.44. The van der Waals surface area contributed by atoms with Crippen molar-refractivity contribution in [2.75, 3.05) is 7.11 Å². The molecule has 1 aliphatic heterocycles. The van der Waals surface area contributed by atoms with Crippen LogP contribution in [0, 0.1) is 6.92 Å². The van der Waals surface area contributed by atoms with Crippen LogP contribution < -0.4 is 5.32 Å². The predicted octanol–water partition coefficient (Wildman–Crippen LogP) is 4.02. The molecule has 0 saturated carbocycles. The number of halogens is 1. The Morgan fingerprint density at radius 1 is 1.24 bits per heavy atom. The van der Waals surface area contributed by atoms with Crippen LogP contribution in [0.15, 0.2) is 46.9 Å². The average molecular weight is 399 g/mol. The van der Waals surface area contributed by atoms with E-state index in [1.54, 1.807) is 0 Å². The summed E-state index contributed by atoms with van der Waals surface area (Å²) in [6.45, 7) is 2.07. The smallest absolute Gasteiger partial charge is 0.323 e. The van der Waals surface area contributed by atoms with E-state index in [-0.39, 0.29) is 18.1 Å². The summed E-state index contributed by atoms with van der Waals surface area (Å²) in [5.74, 6) is -0.229. The lowest BCUT2D eigenvalue weighted by atomic mass is 9.90. The maximum absolute atomic E-state index is 12.2. The van der Waals surface area contributed by atoms with Crippen molar-refractivity contribution in [2.45, 2.75) is 25.4 Å². The molecule has 0 amide bonds. The number of fused-ring (bicyclic) bond motifs is 3. The monoisotopic (exact) mass is 398 g/mol. The predicted molar refractivity (Wildman–Crippen MR) is 102 cm³/mol. The number of H-pyrrole nitrogens is 1. The van der Waals surface area contributed by atoms with Gasteiger partial charge in [0.1, 0.15) is 6.04 Å². The third-order valence-corrected chi connectivity index (χ3v) is 5.25. The summed E-state index contributed by atoms with van der Waals surface area (Å²) in [4.78, 5) is 15.8. The highest BCUT2D eigenvalue weighted by atomic mass is 79.9. The number of esters is 1. The number of rotatable bonds is 2. The Morgan fingerprint density at radius 3 is 2.80 bits per heavy atom. The first-order valence-corrected chi connectivity index (χ1v) is 9.06. The SMILES string of the molecule is COC(=O)C1Cc2c([nH]c3ccccc23)C(c2cc(C)cc(Br)c2)N1. The van der Waals surface area contributed by atoms with Gasteiger partial charge in [-0.25, -0.2) is 0 Å². The van der Waals surface area contributed by atoms with Crippen LogP contribution in [0.2, 0.25) is 0 Å². The highest BCUT2D eigenvalue weighted by Gasteiger charge is 2.34. The van der Waals surface area contributed by atoms with E-state index in [1.807, 2.05) is 12.1 Å². The number of hydrogen-bond acceptors (Lipinski definition) is 3. The van der Waals surface area contributed by atoms with Crippen molar-refractivity contribution in [3.05, 3.63) is 69.3 Å². The maximum atomic E-state index is 12.2. The molecule has 3 aromatic rings. The minimum atomic E-state index is -0.360. The summed E-state index contributed by atoms with van der Waals surface area (Å²) >= 11 is 3.58. The molecule has 2 atom stereocenters. The first-order chi connectivity index (χ1) is 12.1. The highest BCUT2D eigenvalue weighted by Crippen LogP contribution is 2.36. The van der Waals surface area contributed by atoms with E-state index in [1.165, 1.54) is 23.6 Å². The third-order valence-electron chi connectivity index (χ3n) is 4.79. The molecular formula is C20H19BrN2O2. The summed E-state index contributed by atoms with van der Waals surface area (Å²) in [5.41, 5.74) is 5.69. The van der Waals surface area contributed by atoms with Gasteiger partial charge < -0.3 is 9.72 Å². The molecule has 0 aliphatic carbocycles. The second-order valence-corrected chi connectivity index (χ2v) is 7.42. The van der Waals surface area contributed by atoms with Crippen LogP contribution in [-0.4, -0.2) is 24.1 Å². The second-order valence-electron chi connectivity index (χ2n) is 6.50. The first kappa shape index (κ1) is 16.4. The summed E-state index contributed by atoms with van der Waals surface area (Å²) in [5, 5.41) is 4.64. The molecule has 25 heavy (non-hydrogen) atoms. The molecule has 0 radical (unpaired) electrons. The molecule has 0 bridgehead atoms. The van der Waals surface area contributed by atoms with Gasteiger partial charge in [0.2, 0.25) is 0 Å². The number of aromatic nitrogens is 1. The van der Waals surface area contributed by atoms with Crippen molar-refractivity contribution >= 4 is 32.8 Å². The van der Waals surface area contributed by atoms with Gasteiger partial charge in [0.25, 0.3) is 0 Å². The summed E-state index contributed by atoms with van der Waals surface area (Å²) < 4.78 is 6.03. The maximum Gasteiger partial charge on any atom is 0.323 e. The van der Waals surface area contributed by atoms with E-state index in [4.69, 9.17) is 4.74 Å². The molecule has 0 saturated heterocycles. The topological polar surface area (TPSA) is 54.1 Å². The van der Waals surface area contributed by atoms with E-state index in [0.717, 1.165) is 21.2 Å². The molecule has 2 N–H and O–H groups in total. The quantitative estimate of drug-likeness (QED) is 0.641. The van der Waals surface area contributed by atoms with Crippen molar-refractivity contribution in [1.29, 1.82) is 0 Å². The van der Waals surface area contributed by atoms with E-state index in [0.29, 0.717) is 6.42 Å². The lowest BCUT2D eigenvalue weighted by molar-refractivity contribution is -0.143. The molecule has 1 aliphatic rings. The third kappa shape index (κ3) is 2.87. The van der Waals surface area contributed by atoms with E-state index in [2.05, 4.69) is 63.5 Å². The first-order valence-electron chi connectivity index (χ1n) is 8.27. The van der Waals surface area contributed by atoms with Crippen LogP contribution in [0.3, 0.4) is 0 Å². The summed E-state index contributed by atoms with van der Waals surface area (Å²) in [6, 6.07) is 14.1. The number of aryl methyl sites for hydroxylation is 1. The molecule has 5 heteroatoms. The van der Waals surface area contributed by atoms with Crippen molar-refractivity contribution < 1.29 is 9.53 Å². The number of methoxy groups -OCH3 is 1. The van der Waals surface area contributed by atoms with Gasteiger partial charge in [0.15, 0.2) is 0 Å². The number of carbonyl (C=O) groups is 1. The van der Waals surface area contributed by atoms with E-state index in [9.17, 15) is 4.79 Å². The minimum Gasteiger partial charge on any atom is -0.468 e. The van der Waals surface area contributed by atoms with E-state index < -0.39 is 0 Å². The molecule has 4 nitrogen and oxygen atoms in total. The number of hydrogen-bond donors (Lipinski definition) is 2. The molecule has 0 spiro atoms. The molecule has 2 heterocycles. The van der Waals surface area contributed by atoms with Crippen LogP contribution in [0.5, 0.6) is 0 Å². The summed E-state index contributed by atoms with van der Waals surface area (Å²) in [6.07, 6.45) is 0.621. The van der Waals surface area contributed by atoms with Crippen molar-refractivity contribution in [2.24, 2.45) is 0 Å². The van der Waals surface area contributed by atoms with Gasteiger partial charge in [-0.3, -0.25) is 10.1 Å². The van der Waals surface area contributed by atoms with Crippen LogP contribution in [0.25, 0.3) is 10.9 Å². The number of carbonyl (C=O) groups excluding carboxylic acids is 1. The van der Waals surface area contributed by atoms with Gasteiger partial charge in [-0.15, -0.1) is 0 Å². The second kappa shape index (κ2) is 6.32. The van der Waals surface area contributed by atoms with Gasteiger partial charge in [0, 0.05) is 27.5 Å². The number of aromatic amines is 1. The molecule has 4 rings (SSSR count). The van der Waals surface area contributed by atoms with Gasteiger partial charge in [0.05, 0.1) is 13.2 Å². The number of nitrogens with one attached hydrogen (secondary N) is 2. The standard InChI is InChI=1S/C20H19BrN2O2/c1-11-7-12(9-13(21)8-11)18-19-15(10-17(23-18)20(24)25-2)14-5-3-4-6-16(14)22-19/h3-9,17-18,22-23H,10H2,1-2H3. The molecule has 0 fully saturated rings. The lowest BCUT2D eigenvalue weighted by Gasteiger charge is -2.30. The fourth-order valence-electron chi connectivity index (χ4n) is 3.72. The Hall–Kier alpha value is -2.11. The van der Waals surface area contributed by atoms with Gasteiger partial charge >= 0.3 is 5.97 Å². The zero-order valence-electron chi connectivity index (χ0n) is 14.1.